The van der Waals surface area contributed by atoms with Crippen LogP contribution in [0.1, 0.15) is 21.5 Å². The van der Waals surface area contributed by atoms with E-state index in [1.807, 2.05) is 13.0 Å². The molecule has 0 spiro atoms. The SMILES string of the molecule is Cc1ccc(S(=O)(=O)N2CCN(Cc3cccc(C(=O)Nc4cccc([N+](=O)[O-])c4)c3)CC2)cc1. The van der Waals surface area contributed by atoms with Crippen LogP contribution in [-0.4, -0.2) is 54.6 Å². The molecule has 35 heavy (non-hydrogen) atoms. The van der Waals surface area contributed by atoms with Gasteiger partial charge in [-0.25, -0.2) is 8.42 Å². The van der Waals surface area contributed by atoms with Crippen LogP contribution in [0.2, 0.25) is 0 Å². The molecule has 1 amide bonds. The zero-order chi connectivity index (χ0) is 25.0. The largest absolute Gasteiger partial charge is 0.322 e. The topological polar surface area (TPSA) is 113 Å². The van der Waals surface area contributed by atoms with E-state index in [9.17, 15) is 23.3 Å². The molecule has 0 unspecified atom stereocenters. The molecule has 3 aromatic carbocycles. The highest BCUT2D eigenvalue weighted by atomic mass is 32.2. The zero-order valence-electron chi connectivity index (χ0n) is 19.3. The average molecular weight is 495 g/mol. The summed E-state index contributed by atoms with van der Waals surface area (Å²) in [6.07, 6.45) is 0. The number of hydrogen-bond acceptors (Lipinski definition) is 6. The van der Waals surface area contributed by atoms with Crippen LogP contribution >= 0.6 is 0 Å². The van der Waals surface area contributed by atoms with Gasteiger partial charge in [0.2, 0.25) is 10.0 Å². The molecule has 1 aliphatic rings. The van der Waals surface area contributed by atoms with E-state index in [2.05, 4.69) is 10.2 Å². The van der Waals surface area contributed by atoms with Crippen molar-refractivity contribution in [1.82, 2.24) is 9.21 Å². The number of non-ortho nitro benzene ring substituents is 1. The number of rotatable bonds is 7. The maximum Gasteiger partial charge on any atom is 0.271 e. The Morgan fingerprint density at radius 3 is 2.34 bits per heavy atom. The predicted octanol–water partition coefficient (Wildman–Crippen LogP) is 3.66. The molecule has 9 nitrogen and oxygen atoms in total. The number of nitro groups is 1. The van der Waals surface area contributed by atoms with Crippen LogP contribution in [0.25, 0.3) is 0 Å². The monoisotopic (exact) mass is 494 g/mol. The smallest absolute Gasteiger partial charge is 0.271 e. The van der Waals surface area contributed by atoms with E-state index in [4.69, 9.17) is 0 Å². The lowest BCUT2D eigenvalue weighted by molar-refractivity contribution is -0.384. The summed E-state index contributed by atoms with van der Waals surface area (Å²) in [5.74, 6) is -0.360. The van der Waals surface area contributed by atoms with E-state index < -0.39 is 14.9 Å². The van der Waals surface area contributed by atoms with Crippen molar-refractivity contribution < 1.29 is 18.1 Å². The number of nitrogens with zero attached hydrogens (tertiary/aromatic N) is 3. The zero-order valence-corrected chi connectivity index (χ0v) is 20.1. The van der Waals surface area contributed by atoms with Crippen LogP contribution < -0.4 is 5.32 Å². The molecule has 10 heteroatoms. The first-order valence-electron chi connectivity index (χ1n) is 11.2. The van der Waals surface area contributed by atoms with Gasteiger partial charge < -0.3 is 5.32 Å². The molecule has 3 aromatic rings. The molecule has 1 N–H and O–H groups in total. The fourth-order valence-corrected chi connectivity index (χ4v) is 5.38. The molecule has 0 aromatic heterocycles. The Morgan fingerprint density at radius 2 is 1.66 bits per heavy atom. The van der Waals surface area contributed by atoms with Crippen LogP contribution in [0.4, 0.5) is 11.4 Å². The number of carbonyl (C=O) groups excluding carboxylic acids is 1. The summed E-state index contributed by atoms with van der Waals surface area (Å²) in [4.78, 5) is 25.6. The van der Waals surface area contributed by atoms with Gasteiger partial charge in [-0.05, 0) is 42.8 Å². The average Bonchev–Trinajstić information content (AvgIpc) is 2.85. The first-order chi connectivity index (χ1) is 16.7. The lowest BCUT2D eigenvalue weighted by atomic mass is 10.1. The number of amides is 1. The maximum atomic E-state index is 12.9. The van der Waals surface area contributed by atoms with E-state index in [-0.39, 0.29) is 11.6 Å². The number of aryl methyl sites for hydroxylation is 1. The Labute approximate surface area is 204 Å². The number of sulfonamides is 1. The number of carbonyl (C=O) groups is 1. The van der Waals surface area contributed by atoms with E-state index in [0.29, 0.717) is 48.9 Å². The quantitative estimate of drug-likeness (QED) is 0.396. The van der Waals surface area contributed by atoms with Crippen molar-refractivity contribution in [2.45, 2.75) is 18.4 Å². The normalized spacial score (nSPS) is 15.0. The minimum Gasteiger partial charge on any atom is -0.322 e. The number of nitrogens with one attached hydrogen (secondary N) is 1. The highest BCUT2D eigenvalue weighted by Gasteiger charge is 2.28. The van der Waals surface area contributed by atoms with Gasteiger partial charge in [0, 0.05) is 56.1 Å². The van der Waals surface area contributed by atoms with Gasteiger partial charge in [-0.1, -0.05) is 35.9 Å². The molecule has 0 bridgehead atoms. The summed E-state index contributed by atoms with van der Waals surface area (Å²) in [5.41, 5.74) is 2.62. The van der Waals surface area contributed by atoms with Crippen LogP contribution in [0.5, 0.6) is 0 Å². The molecular weight excluding hydrogens is 468 g/mol. The number of hydrogen-bond donors (Lipinski definition) is 1. The molecular formula is C25H26N4O5S. The van der Waals surface area contributed by atoms with Crippen LogP contribution in [0, 0.1) is 17.0 Å². The predicted molar refractivity (Wildman–Crippen MR) is 133 cm³/mol. The van der Waals surface area contributed by atoms with Gasteiger partial charge >= 0.3 is 0 Å². The Bertz CT molecular complexity index is 1330. The lowest BCUT2D eigenvalue weighted by Crippen LogP contribution is -2.48. The highest BCUT2D eigenvalue weighted by Crippen LogP contribution is 2.20. The number of piperazine rings is 1. The Hall–Kier alpha value is -3.60. The van der Waals surface area contributed by atoms with Crippen molar-refractivity contribution >= 4 is 27.3 Å². The Kier molecular flexibility index (Phi) is 7.25. The van der Waals surface area contributed by atoms with Gasteiger partial charge in [0.1, 0.15) is 0 Å². The van der Waals surface area contributed by atoms with Gasteiger partial charge in [0.15, 0.2) is 0 Å². The third-order valence-corrected chi connectivity index (χ3v) is 7.81. The molecule has 0 atom stereocenters. The highest BCUT2D eigenvalue weighted by molar-refractivity contribution is 7.89. The Morgan fingerprint density at radius 1 is 0.971 bits per heavy atom. The van der Waals surface area contributed by atoms with Gasteiger partial charge in [-0.15, -0.1) is 0 Å². The van der Waals surface area contributed by atoms with E-state index in [0.717, 1.165) is 11.1 Å². The summed E-state index contributed by atoms with van der Waals surface area (Å²) < 4.78 is 27.3. The summed E-state index contributed by atoms with van der Waals surface area (Å²) in [6, 6.07) is 19.8. The van der Waals surface area contributed by atoms with Crippen molar-refractivity contribution in [3.8, 4) is 0 Å². The van der Waals surface area contributed by atoms with Crippen molar-refractivity contribution in [3.63, 3.8) is 0 Å². The molecule has 182 valence electrons. The van der Waals surface area contributed by atoms with E-state index in [1.165, 1.54) is 22.5 Å². The maximum absolute atomic E-state index is 12.9. The third kappa shape index (κ3) is 5.91. The van der Waals surface area contributed by atoms with Crippen molar-refractivity contribution in [1.29, 1.82) is 0 Å². The molecule has 4 rings (SSSR count). The molecule has 1 saturated heterocycles. The molecule has 0 aliphatic carbocycles. The fourth-order valence-electron chi connectivity index (χ4n) is 3.96. The second-order valence-electron chi connectivity index (χ2n) is 8.46. The summed E-state index contributed by atoms with van der Waals surface area (Å²) in [7, 11) is -3.52. The summed E-state index contributed by atoms with van der Waals surface area (Å²) >= 11 is 0. The molecule has 1 aliphatic heterocycles. The Balaban J connectivity index is 1.36. The standard InChI is InChI=1S/C25H26N4O5S/c1-19-8-10-24(11-9-19)35(33,34)28-14-12-27(13-15-28)18-20-4-2-5-21(16-20)25(30)26-22-6-3-7-23(17-22)29(31)32/h2-11,16-17H,12-15,18H2,1H3,(H,26,30). The van der Waals surface area contributed by atoms with Gasteiger partial charge in [0.25, 0.3) is 11.6 Å². The van der Waals surface area contributed by atoms with Gasteiger partial charge in [-0.2, -0.15) is 4.31 Å². The fraction of sp³-hybridized carbons (Fsp3) is 0.240. The van der Waals surface area contributed by atoms with Crippen molar-refractivity contribution in [2.24, 2.45) is 0 Å². The van der Waals surface area contributed by atoms with Crippen LogP contribution in [0.3, 0.4) is 0 Å². The minimum atomic E-state index is -3.52. The van der Waals surface area contributed by atoms with Gasteiger partial charge in [0.05, 0.1) is 9.82 Å². The number of anilines is 1. The summed E-state index contributed by atoms with van der Waals surface area (Å²) in [6.45, 7) is 4.44. The first kappa shape index (κ1) is 24.5. The van der Waals surface area contributed by atoms with Crippen LogP contribution in [0.15, 0.2) is 77.7 Å². The molecule has 1 fully saturated rings. The van der Waals surface area contributed by atoms with Gasteiger partial charge in [-0.3, -0.25) is 19.8 Å². The second kappa shape index (κ2) is 10.3. The molecule has 0 radical (unpaired) electrons. The first-order valence-corrected chi connectivity index (χ1v) is 12.6. The van der Waals surface area contributed by atoms with E-state index >= 15 is 0 Å². The summed E-state index contributed by atoms with van der Waals surface area (Å²) in [5, 5.41) is 13.6. The van der Waals surface area contributed by atoms with E-state index in [1.54, 1.807) is 48.5 Å². The van der Waals surface area contributed by atoms with Crippen molar-refractivity contribution in [2.75, 3.05) is 31.5 Å². The van der Waals surface area contributed by atoms with Crippen molar-refractivity contribution in [3.05, 3.63) is 99.6 Å². The van der Waals surface area contributed by atoms with Crippen LogP contribution in [-0.2, 0) is 16.6 Å². The molecule has 0 saturated carbocycles. The minimum absolute atomic E-state index is 0.0971. The lowest BCUT2D eigenvalue weighted by Gasteiger charge is -2.34. The second-order valence-corrected chi connectivity index (χ2v) is 10.4. The number of nitro benzene ring substituents is 1. The third-order valence-electron chi connectivity index (χ3n) is 5.90. The number of benzene rings is 3. The molecule has 1 heterocycles.